The van der Waals surface area contributed by atoms with Crippen LogP contribution in [0.4, 0.5) is 0 Å². The van der Waals surface area contributed by atoms with Crippen molar-refractivity contribution in [3.8, 4) is 6.07 Å². The van der Waals surface area contributed by atoms with Crippen LogP contribution >= 0.6 is 11.8 Å². The average Bonchev–Trinajstić information content (AvgIpc) is 2.38. The van der Waals surface area contributed by atoms with Crippen LogP contribution in [0.1, 0.15) is 25.8 Å². The molecule has 3 nitrogen and oxygen atoms in total. The summed E-state index contributed by atoms with van der Waals surface area (Å²) in [6.45, 7) is 4.19. The summed E-state index contributed by atoms with van der Waals surface area (Å²) in [6.07, 6.45) is 1.04. The zero-order chi connectivity index (χ0) is 13.6. The number of sulfone groups is 1. The lowest BCUT2D eigenvalue weighted by molar-refractivity contribution is 0.597. The monoisotopic (exact) mass is 283 g/mol. The van der Waals surface area contributed by atoms with Gasteiger partial charge in [-0.25, -0.2) is 8.42 Å². The summed E-state index contributed by atoms with van der Waals surface area (Å²) in [6, 6.07) is 8.05. The second-order valence-corrected chi connectivity index (χ2v) is 7.70. The van der Waals surface area contributed by atoms with Gasteiger partial charge in [0.15, 0.2) is 9.84 Å². The van der Waals surface area contributed by atoms with Crippen LogP contribution in [0.5, 0.6) is 0 Å². The van der Waals surface area contributed by atoms with E-state index in [-0.39, 0.29) is 5.75 Å². The molecule has 0 heterocycles. The molecule has 0 fully saturated rings. The lowest BCUT2D eigenvalue weighted by Crippen LogP contribution is -2.10. The van der Waals surface area contributed by atoms with Crippen LogP contribution in [0.25, 0.3) is 0 Å². The predicted molar refractivity (Wildman–Crippen MR) is 75.4 cm³/mol. The zero-order valence-corrected chi connectivity index (χ0v) is 12.2. The molecule has 1 unspecified atom stereocenters. The van der Waals surface area contributed by atoms with E-state index in [0.29, 0.717) is 21.5 Å². The van der Waals surface area contributed by atoms with E-state index >= 15 is 0 Å². The van der Waals surface area contributed by atoms with Gasteiger partial charge in [0.25, 0.3) is 0 Å². The van der Waals surface area contributed by atoms with Crippen LogP contribution in [0.15, 0.2) is 29.2 Å². The minimum atomic E-state index is -3.22. The molecule has 5 heteroatoms. The Balaban J connectivity index is 2.66. The molecule has 1 rings (SSSR count). The highest BCUT2D eigenvalue weighted by Crippen LogP contribution is 2.17. The van der Waals surface area contributed by atoms with Crippen LogP contribution in [-0.4, -0.2) is 25.2 Å². The smallest absolute Gasteiger partial charge is 0.179 e. The number of nitrogens with zero attached hydrogens (tertiary/aromatic N) is 1. The standard InChI is InChI=1S/C13H17NO2S2/c1-3-11(2)17-8-9-18(15,16)13-6-4-12(10-14)5-7-13/h4-7,11H,3,8-9H2,1-2H3. The summed E-state index contributed by atoms with van der Waals surface area (Å²) in [5, 5.41) is 9.15. The second-order valence-electron chi connectivity index (χ2n) is 4.04. The molecule has 0 bridgehead atoms. The van der Waals surface area contributed by atoms with E-state index in [4.69, 9.17) is 5.26 Å². The third-order valence-corrected chi connectivity index (χ3v) is 6.00. The second kappa shape index (κ2) is 6.81. The van der Waals surface area contributed by atoms with Crippen molar-refractivity contribution in [3.63, 3.8) is 0 Å². The van der Waals surface area contributed by atoms with Crippen LogP contribution < -0.4 is 0 Å². The fourth-order valence-corrected chi connectivity index (χ4v) is 4.02. The Hall–Kier alpha value is -0.990. The highest BCUT2D eigenvalue weighted by Gasteiger charge is 2.14. The minimum absolute atomic E-state index is 0.147. The van der Waals surface area contributed by atoms with E-state index < -0.39 is 9.84 Å². The Morgan fingerprint density at radius 2 is 1.94 bits per heavy atom. The summed E-state index contributed by atoms with van der Waals surface area (Å²) in [7, 11) is -3.22. The van der Waals surface area contributed by atoms with Crippen LogP contribution in [-0.2, 0) is 9.84 Å². The molecule has 0 aliphatic rings. The molecular formula is C13H17NO2S2. The molecule has 0 aliphatic carbocycles. The SMILES string of the molecule is CCC(C)SCCS(=O)(=O)c1ccc(C#N)cc1. The van der Waals surface area contributed by atoms with Gasteiger partial charge in [-0.3, -0.25) is 0 Å². The van der Waals surface area contributed by atoms with Gasteiger partial charge in [-0.2, -0.15) is 17.0 Å². The Labute approximate surface area is 113 Å². The first-order valence-electron chi connectivity index (χ1n) is 5.84. The van der Waals surface area contributed by atoms with Gasteiger partial charge in [-0.1, -0.05) is 13.8 Å². The zero-order valence-electron chi connectivity index (χ0n) is 10.6. The number of thioether (sulfide) groups is 1. The first-order chi connectivity index (χ1) is 8.49. The van der Waals surface area contributed by atoms with Gasteiger partial charge >= 0.3 is 0 Å². The Morgan fingerprint density at radius 3 is 2.44 bits per heavy atom. The number of hydrogen-bond donors (Lipinski definition) is 0. The van der Waals surface area contributed by atoms with E-state index in [9.17, 15) is 8.42 Å². The van der Waals surface area contributed by atoms with E-state index in [1.54, 1.807) is 11.8 Å². The minimum Gasteiger partial charge on any atom is -0.224 e. The molecule has 0 aromatic heterocycles. The van der Waals surface area contributed by atoms with Gasteiger partial charge < -0.3 is 0 Å². The summed E-state index contributed by atoms with van der Waals surface area (Å²) in [5.41, 5.74) is 0.475. The van der Waals surface area contributed by atoms with Crippen molar-refractivity contribution >= 4 is 21.6 Å². The predicted octanol–water partition coefficient (Wildman–Crippen LogP) is 2.86. The number of nitriles is 1. The molecular weight excluding hydrogens is 266 g/mol. The number of hydrogen-bond acceptors (Lipinski definition) is 4. The van der Waals surface area contributed by atoms with Crippen molar-refractivity contribution < 1.29 is 8.42 Å². The van der Waals surface area contributed by atoms with Crippen molar-refractivity contribution in [3.05, 3.63) is 29.8 Å². The maximum absolute atomic E-state index is 12.0. The molecule has 98 valence electrons. The van der Waals surface area contributed by atoms with Crippen molar-refractivity contribution in [1.82, 2.24) is 0 Å². The molecule has 18 heavy (non-hydrogen) atoms. The maximum Gasteiger partial charge on any atom is 0.179 e. The van der Waals surface area contributed by atoms with Crippen LogP contribution in [0.3, 0.4) is 0 Å². The van der Waals surface area contributed by atoms with Gasteiger partial charge in [0.1, 0.15) is 0 Å². The number of benzene rings is 1. The molecule has 0 spiro atoms. The normalized spacial score (nSPS) is 12.9. The Bertz CT molecular complexity index is 515. The quantitative estimate of drug-likeness (QED) is 0.805. The molecule has 0 saturated heterocycles. The van der Waals surface area contributed by atoms with Crippen LogP contribution in [0.2, 0.25) is 0 Å². The van der Waals surface area contributed by atoms with Gasteiger partial charge in [0, 0.05) is 11.0 Å². The maximum atomic E-state index is 12.0. The molecule has 1 aromatic rings. The average molecular weight is 283 g/mol. The molecule has 1 atom stereocenters. The molecule has 0 N–H and O–H groups in total. The first-order valence-corrected chi connectivity index (χ1v) is 8.54. The van der Waals surface area contributed by atoms with Gasteiger partial charge in [0.05, 0.1) is 22.3 Å². The van der Waals surface area contributed by atoms with Gasteiger partial charge in [-0.15, -0.1) is 0 Å². The largest absolute Gasteiger partial charge is 0.224 e. The highest BCUT2D eigenvalue weighted by atomic mass is 32.2. The van der Waals surface area contributed by atoms with Crippen molar-refractivity contribution in [2.24, 2.45) is 0 Å². The van der Waals surface area contributed by atoms with E-state index in [0.717, 1.165) is 6.42 Å². The Morgan fingerprint density at radius 1 is 1.33 bits per heavy atom. The first kappa shape index (κ1) is 15.1. The molecule has 0 saturated carbocycles. The van der Waals surface area contributed by atoms with Crippen LogP contribution in [0, 0.1) is 11.3 Å². The fraction of sp³-hybridized carbons (Fsp3) is 0.462. The molecule has 0 amide bonds. The Kier molecular flexibility index (Phi) is 5.70. The lowest BCUT2D eigenvalue weighted by Gasteiger charge is -2.08. The van der Waals surface area contributed by atoms with E-state index in [2.05, 4.69) is 13.8 Å². The number of rotatable bonds is 6. The summed E-state index contributed by atoms with van der Waals surface area (Å²) in [5.74, 6) is 0.755. The van der Waals surface area contributed by atoms with Crippen molar-refractivity contribution in [1.29, 1.82) is 5.26 Å². The molecule has 0 radical (unpaired) electrons. The van der Waals surface area contributed by atoms with Crippen molar-refractivity contribution in [2.45, 2.75) is 30.4 Å². The summed E-state index contributed by atoms with van der Waals surface area (Å²) < 4.78 is 24.0. The lowest BCUT2D eigenvalue weighted by atomic mass is 10.2. The topological polar surface area (TPSA) is 57.9 Å². The highest BCUT2D eigenvalue weighted by molar-refractivity contribution is 8.01. The third-order valence-electron chi connectivity index (χ3n) is 2.67. The fourth-order valence-electron chi connectivity index (χ4n) is 1.33. The van der Waals surface area contributed by atoms with Crippen molar-refractivity contribution in [2.75, 3.05) is 11.5 Å². The summed E-state index contributed by atoms with van der Waals surface area (Å²) in [4.78, 5) is 0.297. The third kappa shape index (κ3) is 4.35. The molecule has 0 aliphatic heterocycles. The van der Waals surface area contributed by atoms with E-state index in [1.807, 2.05) is 6.07 Å². The van der Waals surface area contributed by atoms with Gasteiger partial charge in [0.2, 0.25) is 0 Å². The van der Waals surface area contributed by atoms with E-state index in [1.165, 1.54) is 24.3 Å². The molecule has 1 aromatic carbocycles. The summed E-state index contributed by atoms with van der Waals surface area (Å²) >= 11 is 1.67. The van der Waals surface area contributed by atoms with Gasteiger partial charge in [-0.05, 0) is 30.7 Å².